The van der Waals surface area contributed by atoms with Gasteiger partial charge in [0, 0.05) is 32.3 Å². The predicted molar refractivity (Wildman–Crippen MR) is 215 cm³/mol. The number of carboxylic acid groups (broad SMARTS) is 1. The van der Waals surface area contributed by atoms with Crippen molar-refractivity contribution in [2.45, 2.75) is 217 Å². The van der Waals surface area contributed by atoms with E-state index in [9.17, 15) is 24.9 Å². The Labute approximate surface area is 328 Å². The molecule has 3 N–H and O–H groups in total. The van der Waals surface area contributed by atoms with E-state index in [0.717, 1.165) is 49.1 Å². The van der Waals surface area contributed by atoms with Gasteiger partial charge in [0.15, 0.2) is 22.4 Å². The summed E-state index contributed by atoms with van der Waals surface area (Å²) in [5.74, 6) is -2.73. The first kappa shape index (κ1) is 47.4. The van der Waals surface area contributed by atoms with Crippen LogP contribution in [-0.4, -0.2) is 112 Å². The molecular weight excluding hydrogens is 725 g/mol. The van der Waals surface area contributed by atoms with E-state index in [0.29, 0.717) is 25.7 Å². The predicted octanol–water partition coefficient (Wildman–Crippen LogP) is 7.78. The van der Waals surface area contributed by atoms with Crippen molar-refractivity contribution in [2.24, 2.45) is 11.8 Å². The van der Waals surface area contributed by atoms with Gasteiger partial charge in [-0.15, -0.1) is 6.58 Å². The number of ketones is 1. The van der Waals surface area contributed by atoms with Crippen molar-refractivity contribution >= 4 is 28.4 Å². The zero-order valence-corrected chi connectivity index (χ0v) is 37.1. The molecule has 11 nitrogen and oxygen atoms in total. The minimum Gasteiger partial charge on any atom is -0.481 e. The Hall–Kier alpha value is -1.01. The number of rotatable bonds is 23. The molecule has 54 heavy (non-hydrogen) atoms. The van der Waals surface area contributed by atoms with E-state index in [-0.39, 0.29) is 67.7 Å². The normalized spacial score (nSPS) is 31.1. The van der Waals surface area contributed by atoms with Crippen LogP contribution in [0.1, 0.15) is 120 Å². The van der Waals surface area contributed by atoms with Crippen LogP contribution >= 0.6 is 0 Å². The SMILES string of the molecule is C=C[C@H](C)[C@H](O[Si](CC)(CC)CC)[C@H](O[Si](CC)(CC)CC)[C@H]1O[C@@]2(CC[C@@H]1OC)O[C@H](C[C@@H](O)C[C@H](O)C[C@@H]1CCC[C@H](CC(=O)O)O1)[C@@H](C)CC2=O. The molecule has 0 unspecified atom stereocenters. The number of methoxy groups -OCH3 is 1. The number of carbonyl (C=O) groups excluding carboxylic acids is 1. The molecule has 3 aliphatic heterocycles. The molecule has 0 aromatic carbocycles. The molecule has 3 fully saturated rings. The molecule has 3 rings (SSSR count). The third kappa shape index (κ3) is 12.0. The van der Waals surface area contributed by atoms with Gasteiger partial charge in [-0.25, -0.2) is 0 Å². The first-order valence-corrected chi connectivity index (χ1v) is 26.3. The summed E-state index contributed by atoms with van der Waals surface area (Å²) in [4.78, 5) is 25.3. The Morgan fingerprint density at radius 2 is 1.50 bits per heavy atom. The summed E-state index contributed by atoms with van der Waals surface area (Å²) in [5, 5.41) is 31.4. The van der Waals surface area contributed by atoms with Gasteiger partial charge in [-0.1, -0.05) is 61.5 Å². The molecule has 12 atom stereocenters. The second-order valence-electron chi connectivity index (χ2n) is 16.6. The van der Waals surface area contributed by atoms with E-state index in [2.05, 4.69) is 55.0 Å². The highest BCUT2D eigenvalue weighted by Crippen LogP contribution is 2.44. The maximum atomic E-state index is 14.1. The highest BCUT2D eigenvalue weighted by atomic mass is 28.4. The minimum atomic E-state index is -2.25. The molecule has 3 heterocycles. The largest absolute Gasteiger partial charge is 0.481 e. The topological polar surface area (TPSA) is 150 Å². The van der Waals surface area contributed by atoms with E-state index >= 15 is 0 Å². The molecule has 3 aliphatic rings. The first-order valence-electron chi connectivity index (χ1n) is 21.3. The molecule has 0 amide bonds. The van der Waals surface area contributed by atoms with Crippen LogP contribution in [0.3, 0.4) is 0 Å². The van der Waals surface area contributed by atoms with E-state index in [1.807, 2.05) is 13.0 Å². The molecule has 0 aromatic heterocycles. The first-order chi connectivity index (χ1) is 25.6. The number of aliphatic hydroxyl groups is 2. The lowest BCUT2D eigenvalue weighted by molar-refractivity contribution is -0.327. The van der Waals surface area contributed by atoms with Crippen LogP contribution in [0.15, 0.2) is 12.7 Å². The zero-order valence-electron chi connectivity index (χ0n) is 35.1. The highest BCUT2D eigenvalue weighted by Gasteiger charge is 2.57. The molecule has 3 saturated heterocycles. The standard InChI is InChI=1S/C41H76O11Si2/c1-11-28(8)38(51-53(12-2,13-3)14-4)40(52-54(15-5,16-6)17-7)39-34(47-10)21-22-41(50-39)36(44)23-29(9)35(49-41)26-31(43)24-30(42)25-32-19-18-20-33(48-32)27-37(45)46/h11,28-35,38-40,42-43H,1,12-27H2,2-10H3,(H,45,46)/t28-,29-,30-,31-,32-,33+,34-,35+,38-,39-,40-,41+/m0/s1. The lowest BCUT2D eigenvalue weighted by Crippen LogP contribution is -2.65. The lowest BCUT2D eigenvalue weighted by atomic mass is 9.82. The number of ether oxygens (including phenoxy) is 4. The average Bonchev–Trinajstić information content (AvgIpc) is 3.15. The second kappa shape index (κ2) is 21.7. The molecule has 13 heteroatoms. The monoisotopic (exact) mass is 800 g/mol. The Bertz CT molecular complexity index is 1150. The van der Waals surface area contributed by atoms with Gasteiger partial charge in [-0.05, 0) is 80.7 Å². The van der Waals surface area contributed by atoms with Gasteiger partial charge in [0.1, 0.15) is 6.10 Å². The third-order valence-electron chi connectivity index (χ3n) is 13.3. The van der Waals surface area contributed by atoms with Crippen molar-refractivity contribution in [3.8, 4) is 0 Å². The molecule has 1 spiro atoms. The summed E-state index contributed by atoms with van der Waals surface area (Å²) in [6.07, 6.45) is 1.29. The number of aliphatic carboxylic acids is 1. The summed E-state index contributed by atoms with van der Waals surface area (Å²) < 4.78 is 40.7. The minimum absolute atomic E-state index is 0.0498. The van der Waals surface area contributed by atoms with Gasteiger partial charge < -0.3 is 43.1 Å². The Morgan fingerprint density at radius 3 is 2.06 bits per heavy atom. The van der Waals surface area contributed by atoms with Crippen molar-refractivity contribution in [2.75, 3.05) is 7.11 Å². The summed E-state index contributed by atoms with van der Waals surface area (Å²) in [6, 6.07) is 5.75. The van der Waals surface area contributed by atoms with E-state index in [1.54, 1.807) is 7.11 Å². The number of carboxylic acids is 1. The average molecular weight is 801 g/mol. The molecule has 0 aliphatic carbocycles. The number of aliphatic hydroxyl groups excluding tert-OH is 2. The van der Waals surface area contributed by atoms with E-state index in [4.69, 9.17) is 27.8 Å². The van der Waals surface area contributed by atoms with Crippen LogP contribution in [0, 0.1) is 11.8 Å². The summed E-state index contributed by atoms with van der Waals surface area (Å²) in [5.41, 5.74) is 0. The Kier molecular flexibility index (Phi) is 19.0. The molecule has 0 bridgehead atoms. The Morgan fingerprint density at radius 1 is 0.926 bits per heavy atom. The zero-order chi connectivity index (χ0) is 40.3. The van der Waals surface area contributed by atoms with Crippen LogP contribution in [0.4, 0.5) is 0 Å². The van der Waals surface area contributed by atoms with Crippen LogP contribution < -0.4 is 0 Å². The summed E-state index contributed by atoms with van der Waals surface area (Å²) in [6.45, 7) is 21.6. The maximum absolute atomic E-state index is 14.1. The molecule has 0 radical (unpaired) electrons. The molecule has 0 saturated carbocycles. The van der Waals surface area contributed by atoms with E-state index < -0.39 is 58.9 Å². The number of Topliss-reactive ketones (excluding diaryl/α,β-unsaturated/α-hetero) is 1. The fourth-order valence-electron chi connectivity index (χ4n) is 9.04. The summed E-state index contributed by atoms with van der Waals surface area (Å²) in [7, 11) is -2.71. The number of hydrogen-bond donors (Lipinski definition) is 3. The van der Waals surface area contributed by atoms with Crippen LogP contribution in [-0.2, 0) is 37.4 Å². The summed E-state index contributed by atoms with van der Waals surface area (Å²) >= 11 is 0. The quantitative estimate of drug-likeness (QED) is 0.0687. The molecule has 314 valence electrons. The van der Waals surface area contributed by atoms with Crippen LogP contribution in [0.2, 0.25) is 36.3 Å². The van der Waals surface area contributed by atoms with Gasteiger partial charge in [-0.2, -0.15) is 0 Å². The van der Waals surface area contributed by atoms with Crippen LogP contribution in [0.25, 0.3) is 0 Å². The number of carbonyl (C=O) groups is 2. The van der Waals surface area contributed by atoms with Gasteiger partial charge >= 0.3 is 5.97 Å². The van der Waals surface area contributed by atoms with Crippen molar-refractivity contribution in [3.63, 3.8) is 0 Å². The molecule has 0 aromatic rings. The fourth-order valence-corrected chi connectivity index (χ4v) is 14.8. The van der Waals surface area contributed by atoms with Crippen molar-refractivity contribution < 1.29 is 52.7 Å². The fraction of sp³-hybridized carbons (Fsp3) is 0.902. The Balaban J connectivity index is 1.89. The van der Waals surface area contributed by atoms with Crippen molar-refractivity contribution in [1.29, 1.82) is 0 Å². The lowest BCUT2D eigenvalue weighted by Gasteiger charge is -2.52. The maximum Gasteiger partial charge on any atom is 0.305 e. The van der Waals surface area contributed by atoms with Crippen molar-refractivity contribution in [3.05, 3.63) is 12.7 Å². The van der Waals surface area contributed by atoms with Crippen molar-refractivity contribution in [1.82, 2.24) is 0 Å². The second-order valence-corrected chi connectivity index (χ2v) is 26.0. The van der Waals surface area contributed by atoms with Gasteiger partial charge in [-0.3, -0.25) is 9.59 Å². The highest BCUT2D eigenvalue weighted by molar-refractivity contribution is 6.74. The van der Waals surface area contributed by atoms with Crippen LogP contribution in [0.5, 0.6) is 0 Å². The van der Waals surface area contributed by atoms with Gasteiger partial charge in [0.25, 0.3) is 0 Å². The number of hydrogen-bond acceptors (Lipinski definition) is 10. The molecular formula is C41H76O11Si2. The van der Waals surface area contributed by atoms with E-state index in [1.165, 1.54) is 0 Å². The smallest absolute Gasteiger partial charge is 0.305 e. The van der Waals surface area contributed by atoms with Gasteiger partial charge in [0.2, 0.25) is 5.79 Å². The van der Waals surface area contributed by atoms with Gasteiger partial charge in [0.05, 0.1) is 55.3 Å². The third-order valence-corrected chi connectivity index (χ3v) is 22.5.